The number of ether oxygens (including phenoxy) is 1. The maximum absolute atomic E-state index is 12.9. The van der Waals surface area contributed by atoms with E-state index in [2.05, 4.69) is 30.2 Å². The van der Waals surface area contributed by atoms with Crippen molar-refractivity contribution in [1.82, 2.24) is 9.78 Å². The average Bonchev–Trinajstić information content (AvgIpc) is 3.05. The minimum Gasteiger partial charge on any atom is -0.476 e. The Bertz CT molecular complexity index is 801. The number of alkyl halides is 3. The van der Waals surface area contributed by atoms with Crippen LogP contribution in [0, 0.1) is 5.92 Å². The van der Waals surface area contributed by atoms with Crippen molar-refractivity contribution in [3.63, 3.8) is 0 Å². The number of halogens is 3. The zero-order valence-electron chi connectivity index (χ0n) is 16.4. The molecule has 7 heteroatoms. The van der Waals surface area contributed by atoms with Crippen LogP contribution in [-0.4, -0.2) is 22.9 Å². The van der Waals surface area contributed by atoms with Gasteiger partial charge in [0, 0.05) is 13.1 Å². The molecule has 2 unspecified atom stereocenters. The summed E-state index contributed by atoms with van der Waals surface area (Å²) in [6.45, 7) is 3.20. The van der Waals surface area contributed by atoms with Crippen LogP contribution in [0.25, 0.3) is 0 Å². The smallest absolute Gasteiger partial charge is 0.433 e. The Hall–Kier alpha value is -2.02. The summed E-state index contributed by atoms with van der Waals surface area (Å²) in [6, 6.07) is 7.60. The lowest BCUT2D eigenvalue weighted by atomic mass is 9.82. The second-order valence-corrected chi connectivity index (χ2v) is 7.66. The third-order valence-corrected chi connectivity index (χ3v) is 5.57. The molecule has 0 aliphatic heterocycles. The van der Waals surface area contributed by atoms with Crippen LogP contribution in [0.5, 0.6) is 5.88 Å². The Morgan fingerprint density at radius 2 is 2.07 bits per heavy atom. The van der Waals surface area contributed by atoms with E-state index in [1.165, 1.54) is 23.7 Å². The summed E-state index contributed by atoms with van der Waals surface area (Å²) in [4.78, 5) is 0. The summed E-state index contributed by atoms with van der Waals surface area (Å²) < 4.78 is 45.0. The van der Waals surface area contributed by atoms with Crippen LogP contribution in [0.4, 0.5) is 13.2 Å². The molecule has 1 aliphatic rings. The molecule has 1 heterocycles. The highest BCUT2D eigenvalue weighted by atomic mass is 19.4. The van der Waals surface area contributed by atoms with E-state index in [-0.39, 0.29) is 11.8 Å². The fraction of sp³-hybridized carbons (Fsp3) is 0.571. The molecular weight excluding hydrogens is 367 g/mol. The van der Waals surface area contributed by atoms with E-state index >= 15 is 0 Å². The average molecular weight is 395 g/mol. The van der Waals surface area contributed by atoms with Gasteiger partial charge in [0.1, 0.15) is 5.69 Å². The molecule has 1 aliphatic carbocycles. The topological polar surface area (TPSA) is 53.1 Å². The molecule has 0 spiro atoms. The number of aryl methyl sites for hydroxylation is 2. The van der Waals surface area contributed by atoms with Gasteiger partial charge in [0.15, 0.2) is 0 Å². The molecule has 4 nitrogen and oxygen atoms in total. The Labute approximate surface area is 163 Å². The number of nitrogens with two attached hydrogens (primary N) is 1. The van der Waals surface area contributed by atoms with Gasteiger partial charge in [-0.1, -0.05) is 31.5 Å². The number of rotatable bonds is 7. The van der Waals surface area contributed by atoms with E-state index in [0.29, 0.717) is 19.1 Å². The second-order valence-electron chi connectivity index (χ2n) is 7.66. The molecule has 2 aromatic rings. The molecular formula is C21H28F3N3O. The quantitative estimate of drug-likeness (QED) is 0.753. The Morgan fingerprint density at radius 3 is 2.71 bits per heavy atom. The van der Waals surface area contributed by atoms with Crippen LogP contribution in [-0.2, 0) is 26.1 Å². The van der Waals surface area contributed by atoms with Crippen molar-refractivity contribution < 1.29 is 17.9 Å². The summed E-state index contributed by atoms with van der Waals surface area (Å²) >= 11 is 0. The van der Waals surface area contributed by atoms with Crippen LogP contribution < -0.4 is 10.5 Å². The van der Waals surface area contributed by atoms with Crippen LogP contribution >= 0.6 is 0 Å². The van der Waals surface area contributed by atoms with Crippen molar-refractivity contribution in [3.05, 3.63) is 46.6 Å². The summed E-state index contributed by atoms with van der Waals surface area (Å²) in [5, 5.41) is 3.83. The maximum Gasteiger partial charge on any atom is 0.433 e. The van der Waals surface area contributed by atoms with Crippen molar-refractivity contribution in [2.24, 2.45) is 18.7 Å². The molecule has 2 atom stereocenters. The minimum atomic E-state index is -4.43. The van der Waals surface area contributed by atoms with Gasteiger partial charge in [-0.15, -0.1) is 5.10 Å². The Balaban J connectivity index is 1.61. The van der Waals surface area contributed by atoms with Gasteiger partial charge in [-0.05, 0) is 60.8 Å². The molecule has 3 rings (SSSR count). The van der Waals surface area contributed by atoms with Crippen LogP contribution in [0.15, 0.2) is 24.3 Å². The fourth-order valence-electron chi connectivity index (χ4n) is 4.00. The van der Waals surface area contributed by atoms with E-state index in [9.17, 15) is 13.2 Å². The van der Waals surface area contributed by atoms with E-state index in [4.69, 9.17) is 10.5 Å². The molecule has 2 N–H and O–H groups in total. The van der Waals surface area contributed by atoms with Gasteiger partial charge < -0.3 is 10.5 Å². The number of hydrogen-bond donors (Lipinski definition) is 1. The van der Waals surface area contributed by atoms with Crippen LogP contribution in [0.1, 0.15) is 54.5 Å². The van der Waals surface area contributed by atoms with Gasteiger partial charge in [-0.2, -0.15) is 13.2 Å². The van der Waals surface area contributed by atoms with Gasteiger partial charge >= 0.3 is 6.18 Å². The molecule has 28 heavy (non-hydrogen) atoms. The normalized spacial score (nSPS) is 18.0. The maximum atomic E-state index is 12.9. The number of nitrogens with zero attached hydrogens (tertiary/aromatic N) is 2. The van der Waals surface area contributed by atoms with Crippen molar-refractivity contribution in [2.45, 2.75) is 51.1 Å². The lowest BCUT2D eigenvalue weighted by Gasteiger charge is -2.26. The SMILES string of the molecule is CCCC(CN)c1ccc2c(c1)CCC(COc1cc(C(F)(F)F)n(C)n1)C2. The lowest BCUT2D eigenvalue weighted by molar-refractivity contribution is -0.143. The van der Waals surface area contributed by atoms with E-state index in [1.807, 2.05) is 0 Å². The molecule has 1 aromatic heterocycles. The minimum absolute atomic E-state index is 0.0290. The first-order valence-electron chi connectivity index (χ1n) is 9.87. The number of hydrogen-bond acceptors (Lipinski definition) is 3. The summed E-state index contributed by atoms with van der Waals surface area (Å²) in [6.07, 6.45) is 0.560. The van der Waals surface area contributed by atoms with Gasteiger partial charge in [0.25, 0.3) is 0 Å². The van der Waals surface area contributed by atoms with E-state index < -0.39 is 11.9 Å². The van der Waals surface area contributed by atoms with Crippen molar-refractivity contribution in [1.29, 1.82) is 0 Å². The van der Waals surface area contributed by atoms with Crippen LogP contribution in [0.3, 0.4) is 0 Å². The predicted octanol–water partition coefficient (Wildman–Crippen LogP) is 4.47. The third kappa shape index (κ3) is 4.69. The highest BCUT2D eigenvalue weighted by Gasteiger charge is 2.35. The van der Waals surface area contributed by atoms with Gasteiger partial charge in [-0.25, -0.2) is 0 Å². The summed E-state index contributed by atoms with van der Waals surface area (Å²) in [5.41, 5.74) is 9.10. The number of aromatic nitrogens is 2. The number of benzene rings is 1. The number of fused-ring (bicyclic) bond motifs is 1. The zero-order chi connectivity index (χ0) is 20.3. The molecule has 0 saturated carbocycles. The van der Waals surface area contributed by atoms with Crippen LogP contribution in [0.2, 0.25) is 0 Å². The Kier molecular flexibility index (Phi) is 6.33. The summed E-state index contributed by atoms with van der Waals surface area (Å²) in [7, 11) is 1.28. The van der Waals surface area contributed by atoms with Crippen molar-refractivity contribution in [3.8, 4) is 5.88 Å². The molecule has 0 amide bonds. The highest BCUT2D eigenvalue weighted by Crippen LogP contribution is 2.32. The van der Waals surface area contributed by atoms with E-state index in [1.54, 1.807) is 0 Å². The Morgan fingerprint density at radius 1 is 1.29 bits per heavy atom. The molecule has 0 saturated heterocycles. The van der Waals surface area contributed by atoms with E-state index in [0.717, 1.165) is 42.9 Å². The zero-order valence-corrected chi connectivity index (χ0v) is 16.4. The first-order chi connectivity index (χ1) is 13.3. The largest absolute Gasteiger partial charge is 0.476 e. The second kappa shape index (κ2) is 8.55. The first-order valence-corrected chi connectivity index (χ1v) is 9.87. The predicted molar refractivity (Wildman–Crippen MR) is 102 cm³/mol. The standard InChI is InChI=1S/C21H28F3N3O/c1-3-4-18(12-25)17-8-7-15-9-14(5-6-16(15)10-17)13-28-20-11-19(21(22,23)24)27(2)26-20/h7-8,10-11,14,18H,3-6,9,12-13,25H2,1-2H3. The fourth-order valence-corrected chi connectivity index (χ4v) is 4.00. The lowest BCUT2D eigenvalue weighted by Crippen LogP contribution is -2.21. The van der Waals surface area contributed by atoms with Gasteiger partial charge in [0.05, 0.1) is 6.61 Å². The molecule has 154 valence electrons. The van der Waals surface area contributed by atoms with Crippen molar-refractivity contribution >= 4 is 0 Å². The first kappa shape index (κ1) is 20.7. The molecule has 0 radical (unpaired) electrons. The van der Waals surface area contributed by atoms with Gasteiger partial charge in [-0.3, -0.25) is 4.68 Å². The third-order valence-electron chi connectivity index (χ3n) is 5.57. The monoisotopic (exact) mass is 395 g/mol. The molecule has 0 bridgehead atoms. The van der Waals surface area contributed by atoms with Crippen molar-refractivity contribution in [2.75, 3.05) is 13.2 Å². The molecule has 0 fully saturated rings. The highest BCUT2D eigenvalue weighted by molar-refractivity contribution is 5.36. The molecule has 1 aromatic carbocycles. The van der Waals surface area contributed by atoms with Gasteiger partial charge in [0.2, 0.25) is 5.88 Å². The summed E-state index contributed by atoms with van der Waals surface area (Å²) in [5.74, 6) is 0.709.